The van der Waals surface area contributed by atoms with E-state index in [1.165, 1.54) is 0 Å². The summed E-state index contributed by atoms with van der Waals surface area (Å²) in [5, 5.41) is 4.17. The molecule has 1 atom stereocenters. The molecule has 2 heterocycles. The lowest BCUT2D eigenvalue weighted by Crippen LogP contribution is -2.36. The lowest BCUT2D eigenvalue weighted by atomic mass is 10.0. The van der Waals surface area contributed by atoms with E-state index in [9.17, 15) is 9.59 Å². The van der Waals surface area contributed by atoms with Crippen molar-refractivity contribution in [3.05, 3.63) is 16.4 Å². The van der Waals surface area contributed by atoms with Gasteiger partial charge in [0.25, 0.3) is 0 Å². The van der Waals surface area contributed by atoms with Gasteiger partial charge in [0, 0.05) is 25.6 Å². The number of hydrogen-bond acceptors (Lipinski definition) is 4. The van der Waals surface area contributed by atoms with Crippen LogP contribution in [-0.2, 0) is 11.3 Å². The number of carbonyl (C=O) groups is 2. The summed E-state index contributed by atoms with van der Waals surface area (Å²) in [5.41, 5.74) is 0.0572. The zero-order chi connectivity index (χ0) is 16.5. The van der Waals surface area contributed by atoms with Gasteiger partial charge in [-0.15, -0.1) is 0 Å². The van der Waals surface area contributed by atoms with E-state index in [1.807, 2.05) is 27.7 Å². The van der Waals surface area contributed by atoms with Crippen LogP contribution in [0, 0.1) is 5.92 Å². The van der Waals surface area contributed by atoms with Gasteiger partial charge in [0.05, 0.1) is 10.7 Å². The van der Waals surface area contributed by atoms with E-state index in [1.54, 1.807) is 15.8 Å². The molecule has 2 rings (SSSR count). The van der Waals surface area contributed by atoms with Gasteiger partial charge in [-0.1, -0.05) is 0 Å². The molecule has 0 aliphatic carbocycles. The number of aryl methyl sites for hydroxylation is 1. The standard InChI is InChI=1S/C15H22BrN3O3/c1-5-19-12(11(16)8-17-19)13(20)10-6-7-18(9-10)14(21)22-15(2,3)4/h8,10H,5-7,9H2,1-4H3. The Balaban J connectivity index is 2.05. The van der Waals surface area contributed by atoms with Crippen LogP contribution >= 0.6 is 15.9 Å². The molecule has 1 aliphatic heterocycles. The third-order valence-electron chi connectivity index (χ3n) is 3.54. The number of aromatic nitrogens is 2. The Morgan fingerprint density at radius 3 is 2.73 bits per heavy atom. The van der Waals surface area contributed by atoms with Crippen LogP contribution in [0.25, 0.3) is 0 Å². The molecular formula is C15H22BrN3O3. The predicted molar refractivity (Wildman–Crippen MR) is 85.8 cm³/mol. The second-order valence-corrected chi connectivity index (χ2v) is 7.29. The summed E-state index contributed by atoms with van der Waals surface area (Å²) in [4.78, 5) is 26.4. The van der Waals surface area contributed by atoms with Crippen molar-refractivity contribution in [2.24, 2.45) is 5.92 Å². The van der Waals surface area contributed by atoms with Gasteiger partial charge in [-0.3, -0.25) is 9.48 Å². The van der Waals surface area contributed by atoms with Crippen molar-refractivity contribution < 1.29 is 14.3 Å². The maximum absolute atomic E-state index is 12.7. The summed E-state index contributed by atoms with van der Waals surface area (Å²) in [6.07, 6.45) is 1.93. The first-order chi connectivity index (χ1) is 10.2. The Hall–Kier alpha value is -1.37. The van der Waals surface area contributed by atoms with E-state index in [-0.39, 0.29) is 17.8 Å². The van der Waals surface area contributed by atoms with Crippen LogP contribution in [0.5, 0.6) is 0 Å². The number of halogens is 1. The first-order valence-electron chi connectivity index (χ1n) is 7.46. The topological polar surface area (TPSA) is 64.4 Å². The normalized spacial score (nSPS) is 18.6. The lowest BCUT2D eigenvalue weighted by Gasteiger charge is -2.24. The summed E-state index contributed by atoms with van der Waals surface area (Å²) < 4.78 is 7.74. The molecule has 0 spiro atoms. The van der Waals surface area contributed by atoms with E-state index in [0.717, 1.165) is 0 Å². The van der Waals surface area contributed by atoms with Gasteiger partial charge in [-0.25, -0.2) is 4.79 Å². The average molecular weight is 372 g/mol. The molecule has 1 saturated heterocycles. The molecule has 0 radical (unpaired) electrons. The SMILES string of the molecule is CCn1ncc(Br)c1C(=O)C1CCN(C(=O)OC(C)(C)C)C1. The Kier molecular flexibility index (Phi) is 4.94. The van der Waals surface area contributed by atoms with Crippen LogP contribution in [0.3, 0.4) is 0 Å². The zero-order valence-corrected chi connectivity index (χ0v) is 15.0. The van der Waals surface area contributed by atoms with Crippen LogP contribution in [-0.4, -0.2) is 45.2 Å². The van der Waals surface area contributed by atoms with Crippen LogP contribution in [0.2, 0.25) is 0 Å². The second kappa shape index (κ2) is 6.40. The van der Waals surface area contributed by atoms with Gasteiger partial charge in [-0.2, -0.15) is 5.10 Å². The molecule has 1 fully saturated rings. The van der Waals surface area contributed by atoms with Crippen molar-refractivity contribution in [3.8, 4) is 0 Å². The molecule has 0 saturated carbocycles. The Labute approximate surface area is 138 Å². The molecule has 1 aromatic rings. The molecule has 1 unspecified atom stereocenters. The lowest BCUT2D eigenvalue weighted by molar-refractivity contribution is 0.0289. The maximum Gasteiger partial charge on any atom is 0.410 e. The smallest absolute Gasteiger partial charge is 0.410 e. The fraction of sp³-hybridized carbons (Fsp3) is 0.667. The van der Waals surface area contributed by atoms with Gasteiger partial charge >= 0.3 is 6.09 Å². The van der Waals surface area contributed by atoms with E-state index >= 15 is 0 Å². The predicted octanol–water partition coefficient (Wildman–Crippen LogP) is 3.11. The van der Waals surface area contributed by atoms with Crippen molar-refractivity contribution in [3.63, 3.8) is 0 Å². The molecule has 1 aliphatic rings. The summed E-state index contributed by atoms with van der Waals surface area (Å²) in [6.45, 7) is 9.02. The number of amides is 1. The minimum atomic E-state index is -0.525. The molecule has 1 amide bonds. The Morgan fingerprint density at radius 1 is 1.45 bits per heavy atom. The summed E-state index contributed by atoms with van der Waals surface area (Å²) in [7, 11) is 0. The van der Waals surface area contributed by atoms with Crippen molar-refractivity contribution in [1.82, 2.24) is 14.7 Å². The van der Waals surface area contributed by atoms with Crippen molar-refractivity contribution in [2.75, 3.05) is 13.1 Å². The van der Waals surface area contributed by atoms with Gasteiger partial charge in [-0.05, 0) is 50.0 Å². The molecule has 1 aromatic heterocycles. The molecule has 22 heavy (non-hydrogen) atoms. The highest BCUT2D eigenvalue weighted by atomic mass is 79.9. The fourth-order valence-electron chi connectivity index (χ4n) is 2.51. The quantitative estimate of drug-likeness (QED) is 0.765. The van der Waals surface area contributed by atoms with Gasteiger partial charge in [0.1, 0.15) is 11.3 Å². The fourth-order valence-corrected chi connectivity index (χ4v) is 3.00. The van der Waals surface area contributed by atoms with E-state index in [0.29, 0.717) is 36.2 Å². The first-order valence-corrected chi connectivity index (χ1v) is 8.25. The number of likely N-dealkylation sites (tertiary alicyclic amines) is 1. The third-order valence-corrected chi connectivity index (χ3v) is 4.12. The monoisotopic (exact) mass is 371 g/mol. The minimum absolute atomic E-state index is 0.0253. The van der Waals surface area contributed by atoms with Gasteiger partial charge in [0.2, 0.25) is 0 Å². The number of ether oxygens (including phenoxy) is 1. The van der Waals surface area contributed by atoms with Crippen LogP contribution in [0.1, 0.15) is 44.6 Å². The number of ketones is 1. The van der Waals surface area contributed by atoms with E-state index in [2.05, 4.69) is 21.0 Å². The van der Waals surface area contributed by atoms with Crippen molar-refractivity contribution >= 4 is 27.8 Å². The summed E-state index contributed by atoms with van der Waals surface area (Å²) in [5.74, 6) is -0.178. The first kappa shape index (κ1) is 17.0. The molecule has 7 heteroatoms. The van der Waals surface area contributed by atoms with E-state index < -0.39 is 5.60 Å². The number of hydrogen-bond donors (Lipinski definition) is 0. The van der Waals surface area contributed by atoms with Gasteiger partial charge in [0.15, 0.2) is 5.78 Å². The highest BCUT2D eigenvalue weighted by Crippen LogP contribution is 2.26. The van der Waals surface area contributed by atoms with Crippen molar-refractivity contribution in [2.45, 2.75) is 46.3 Å². The molecule has 6 nitrogen and oxygen atoms in total. The zero-order valence-electron chi connectivity index (χ0n) is 13.4. The third kappa shape index (κ3) is 3.69. The molecular weight excluding hydrogens is 350 g/mol. The molecule has 0 bridgehead atoms. The number of rotatable bonds is 3. The number of carbonyl (C=O) groups excluding carboxylic acids is 2. The van der Waals surface area contributed by atoms with Gasteiger partial charge < -0.3 is 9.64 Å². The van der Waals surface area contributed by atoms with Crippen LogP contribution in [0.15, 0.2) is 10.7 Å². The minimum Gasteiger partial charge on any atom is -0.444 e. The Bertz CT molecular complexity index is 577. The highest BCUT2D eigenvalue weighted by molar-refractivity contribution is 9.10. The highest BCUT2D eigenvalue weighted by Gasteiger charge is 2.35. The molecule has 0 aromatic carbocycles. The maximum atomic E-state index is 12.7. The second-order valence-electron chi connectivity index (χ2n) is 6.43. The number of nitrogens with zero attached hydrogens (tertiary/aromatic N) is 3. The van der Waals surface area contributed by atoms with Crippen LogP contribution < -0.4 is 0 Å². The molecule has 0 N–H and O–H groups in total. The largest absolute Gasteiger partial charge is 0.444 e. The Morgan fingerprint density at radius 2 is 2.14 bits per heavy atom. The average Bonchev–Trinajstić information content (AvgIpc) is 3.02. The van der Waals surface area contributed by atoms with E-state index in [4.69, 9.17) is 4.74 Å². The van der Waals surface area contributed by atoms with Crippen molar-refractivity contribution in [1.29, 1.82) is 0 Å². The summed E-state index contributed by atoms with van der Waals surface area (Å²) >= 11 is 3.38. The summed E-state index contributed by atoms with van der Waals surface area (Å²) in [6, 6.07) is 0. The van der Waals surface area contributed by atoms with Crippen LogP contribution in [0.4, 0.5) is 4.79 Å². The number of Topliss-reactive ketones (excluding diaryl/α,β-unsaturated/α-hetero) is 1. The molecule has 122 valence electrons.